The lowest BCUT2D eigenvalue weighted by Crippen LogP contribution is -2.20. The van der Waals surface area contributed by atoms with Crippen molar-refractivity contribution in [3.63, 3.8) is 0 Å². The first-order chi connectivity index (χ1) is 10.2. The third-order valence-electron chi connectivity index (χ3n) is 3.88. The van der Waals surface area contributed by atoms with E-state index in [0.717, 1.165) is 28.7 Å². The first kappa shape index (κ1) is 15.1. The molecule has 0 unspecified atom stereocenters. The summed E-state index contributed by atoms with van der Waals surface area (Å²) in [7, 11) is -3.17. The van der Waals surface area contributed by atoms with Gasteiger partial charge in [-0.05, 0) is 29.5 Å². The molecular formula is C16H21N3O2S. The van der Waals surface area contributed by atoms with Gasteiger partial charge in [-0.1, -0.05) is 20.8 Å². The standard InChI is InChI=1S/C16H21N3O2S/c1-16(2,3)9-19-15-11(17)8-18-12-4-5-13-10(14(12)15)6-7-22(13,20)21/h4-5,8H,6-7,9,17H2,1-3H3,(H,18,19). The zero-order valence-corrected chi connectivity index (χ0v) is 13.9. The van der Waals surface area contributed by atoms with E-state index in [9.17, 15) is 8.42 Å². The van der Waals surface area contributed by atoms with E-state index in [1.54, 1.807) is 18.3 Å². The van der Waals surface area contributed by atoms with Crippen LogP contribution in [0.25, 0.3) is 10.9 Å². The number of aromatic nitrogens is 1. The number of fused-ring (bicyclic) bond motifs is 3. The van der Waals surface area contributed by atoms with E-state index in [2.05, 4.69) is 31.1 Å². The van der Waals surface area contributed by atoms with Crippen LogP contribution in [0.1, 0.15) is 26.3 Å². The normalized spacial score (nSPS) is 16.7. The van der Waals surface area contributed by atoms with Crippen molar-refractivity contribution in [1.82, 2.24) is 4.98 Å². The molecule has 2 heterocycles. The Morgan fingerprint density at radius 1 is 1.32 bits per heavy atom. The minimum absolute atomic E-state index is 0.0893. The molecule has 5 nitrogen and oxygen atoms in total. The van der Waals surface area contributed by atoms with Crippen molar-refractivity contribution >= 4 is 32.1 Å². The number of anilines is 2. The van der Waals surface area contributed by atoms with Crippen LogP contribution in [0.5, 0.6) is 0 Å². The predicted octanol–water partition coefficient (Wildman–Crippen LogP) is 2.60. The Balaban J connectivity index is 2.23. The van der Waals surface area contributed by atoms with Gasteiger partial charge in [0, 0.05) is 11.9 Å². The van der Waals surface area contributed by atoms with Crippen LogP contribution in [0.4, 0.5) is 11.4 Å². The molecule has 3 N–H and O–H groups in total. The Morgan fingerprint density at radius 3 is 2.73 bits per heavy atom. The van der Waals surface area contributed by atoms with Crippen LogP contribution in [0.15, 0.2) is 23.2 Å². The molecule has 3 rings (SSSR count). The fourth-order valence-corrected chi connectivity index (χ4v) is 4.33. The molecule has 6 heteroatoms. The largest absolute Gasteiger partial charge is 0.396 e. The smallest absolute Gasteiger partial charge is 0.179 e. The SMILES string of the molecule is CC(C)(C)CNc1c(N)cnc2ccc3c(c12)CCS3(=O)=O. The Hall–Kier alpha value is -1.82. The molecule has 1 aromatic heterocycles. The molecule has 2 aromatic rings. The van der Waals surface area contributed by atoms with Crippen LogP contribution < -0.4 is 11.1 Å². The Morgan fingerprint density at radius 2 is 2.05 bits per heavy atom. The zero-order valence-electron chi connectivity index (χ0n) is 13.1. The number of benzene rings is 1. The van der Waals surface area contributed by atoms with E-state index in [1.807, 2.05) is 0 Å². The maximum Gasteiger partial charge on any atom is 0.179 e. The van der Waals surface area contributed by atoms with Crippen molar-refractivity contribution in [1.29, 1.82) is 0 Å². The topological polar surface area (TPSA) is 85.1 Å². The Bertz CT molecular complexity index is 852. The Labute approximate surface area is 130 Å². The van der Waals surface area contributed by atoms with Crippen molar-refractivity contribution in [2.24, 2.45) is 5.41 Å². The number of aryl methyl sites for hydroxylation is 1. The summed E-state index contributed by atoms with van der Waals surface area (Å²) in [5.74, 6) is 0.162. The van der Waals surface area contributed by atoms with E-state index < -0.39 is 9.84 Å². The second kappa shape index (κ2) is 4.84. The van der Waals surface area contributed by atoms with Gasteiger partial charge in [0.25, 0.3) is 0 Å². The lowest BCUT2D eigenvalue weighted by molar-refractivity contribution is 0.443. The molecule has 0 atom stereocenters. The molecule has 1 aromatic carbocycles. The van der Waals surface area contributed by atoms with Gasteiger partial charge in [0.05, 0.1) is 33.7 Å². The van der Waals surface area contributed by atoms with Crippen molar-refractivity contribution in [2.45, 2.75) is 32.1 Å². The number of sulfone groups is 1. The third kappa shape index (κ3) is 2.52. The molecule has 118 valence electrons. The lowest BCUT2D eigenvalue weighted by atomic mass is 9.96. The molecule has 0 aliphatic carbocycles. The van der Waals surface area contributed by atoms with Crippen molar-refractivity contribution < 1.29 is 8.42 Å². The maximum absolute atomic E-state index is 12.1. The number of nitrogen functional groups attached to an aromatic ring is 1. The van der Waals surface area contributed by atoms with Crippen LogP contribution in [0.3, 0.4) is 0 Å². The Kier molecular flexibility index (Phi) is 3.32. The van der Waals surface area contributed by atoms with Gasteiger partial charge >= 0.3 is 0 Å². The highest BCUT2D eigenvalue weighted by atomic mass is 32.2. The fourth-order valence-electron chi connectivity index (χ4n) is 2.78. The van der Waals surface area contributed by atoms with Gasteiger partial charge in [-0.15, -0.1) is 0 Å². The number of nitrogens with two attached hydrogens (primary N) is 1. The first-order valence-corrected chi connectivity index (χ1v) is 9.01. The van der Waals surface area contributed by atoms with Gasteiger partial charge < -0.3 is 11.1 Å². The molecular weight excluding hydrogens is 298 g/mol. The molecule has 0 radical (unpaired) electrons. The average molecular weight is 319 g/mol. The fraction of sp³-hybridized carbons (Fsp3) is 0.438. The summed E-state index contributed by atoms with van der Waals surface area (Å²) in [5.41, 5.74) is 9.16. The van der Waals surface area contributed by atoms with E-state index >= 15 is 0 Å². The van der Waals surface area contributed by atoms with Crippen LogP contribution in [0, 0.1) is 5.41 Å². The predicted molar refractivity (Wildman–Crippen MR) is 89.9 cm³/mol. The summed E-state index contributed by atoms with van der Waals surface area (Å²) in [5, 5.41) is 4.24. The van der Waals surface area contributed by atoms with E-state index in [-0.39, 0.29) is 11.2 Å². The van der Waals surface area contributed by atoms with Crippen molar-refractivity contribution in [3.05, 3.63) is 23.9 Å². The van der Waals surface area contributed by atoms with E-state index in [4.69, 9.17) is 5.73 Å². The number of hydrogen-bond acceptors (Lipinski definition) is 5. The summed E-state index contributed by atoms with van der Waals surface area (Å²) in [6.45, 7) is 7.14. The summed E-state index contributed by atoms with van der Waals surface area (Å²) in [4.78, 5) is 4.77. The minimum atomic E-state index is -3.17. The van der Waals surface area contributed by atoms with Gasteiger partial charge in [-0.25, -0.2) is 8.42 Å². The second-order valence-electron chi connectivity index (χ2n) is 7.01. The average Bonchev–Trinajstić information content (AvgIpc) is 2.72. The number of nitrogens with one attached hydrogen (secondary N) is 1. The van der Waals surface area contributed by atoms with Gasteiger partial charge in [-0.2, -0.15) is 0 Å². The number of hydrogen-bond donors (Lipinski definition) is 2. The molecule has 22 heavy (non-hydrogen) atoms. The minimum Gasteiger partial charge on any atom is -0.396 e. The second-order valence-corrected chi connectivity index (χ2v) is 9.09. The number of rotatable bonds is 2. The highest BCUT2D eigenvalue weighted by Crippen LogP contribution is 2.38. The number of nitrogens with zero attached hydrogens (tertiary/aromatic N) is 1. The van der Waals surface area contributed by atoms with Gasteiger partial charge in [0.2, 0.25) is 0 Å². The highest BCUT2D eigenvalue weighted by molar-refractivity contribution is 7.91. The monoisotopic (exact) mass is 319 g/mol. The summed E-state index contributed by atoms with van der Waals surface area (Å²) in [6.07, 6.45) is 2.15. The first-order valence-electron chi connectivity index (χ1n) is 7.36. The van der Waals surface area contributed by atoms with Crippen LogP contribution >= 0.6 is 0 Å². The number of pyridine rings is 1. The molecule has 0 amide bonds. The van der Waals surface area contributed by atoms with Crippen molar-refractivity contribution in [3.8, 4) is 0 Å². The molecule has 0 saturated carbocycles. The molecule has 0 fully saturated rings. The molecule has 1 aliphatic heterocycles. The molecule has 1 aliphatic rings. The molecule has 0 spiro atoms. The molecule has 0 bridgehead atoms. The van der Waals surface area contributed by atoms with E-state index in [1.165, 1.54) is 0 Å². The summed E-state index contributed by atoms with van der Waals surface area (Å²) in [6, 6.07) is 3.43. The van der Waals surface area contributed by atoms with Gasteiger partial charge in [0.15, 0.2) is 9.84 Å². The quantitative estimate of drug-likeness (QED) is 0.888. The van der Waals surface area contributed by atoms with Gasteiger partial charge in [-0.3, -0.25) is 4.98 Å². The lowest BCUT2D eigenvalue weighted by Gasteiger charge is -2.22. The van der Waals surface area contributed by atoms with Crippen LogP contribution in [-0.2, 0) is 16.3 Å². The highest BCUT2D eigenvalue weighted by Gasteiger charge is 2.29. The maximum atomic E-state index is 12.1. The zero-order chi connectivity index (χ0) is 16.1. The van der Waals surface area contributed by atoms with Crippen LogP contribution in [0.2, 0.25) is 0 Å². The third-order valence-corrected chi connectivity index (χ3v) is 5.67. The van der Waals surface area contributed by atoms with E-state index in [0.29, 0.717) is 17.0 Å². The van der Waals surface area contributed by atoms with Crippen molar-refractivity contribution in [2.75, 3.05) is 23.3 Å². The van der Waals surface area contributed by atoms with Crippen LogP contribution in [-0.4, -0.2) is 25.7 Å². The molecule has 0 saturated heterocycles. The van der Waals surface area contributed by atoms with Gasteiger partial charge in [0.1, 0.15) is 0 Å². The summed E-state index contributed by atoms with van der Waals surface area (Å²) >= 11 is 0. The summed E-state index contributed by atoms with van der Waals surface area (Å²) < 4.78 is 24.3.